The van der Waals surface area contributed by atoms with E-state index in [9.17, 15) is 4.79 Å². The maximum Gasteiger partial charge on any atom is 0.310 e. The van der Waals surface area contributed by atoms with Gasteiger partial charge in [0.2, 0.25) is 0 Å². The van der Waals surface area contributed by atoms with Gasteiger partial charge in [0, 0.05) is 0 Å². The summed E-state index contributed by atoms with van der Waals surface area (Å²) >= 11 is 0. The fraction of sp³-hybridized carbons (Fsp3) is 0.700. The second-order valence-electron chi connectivity index (χ2n) is 3.46. The molecule has 1 fully saturated rings. The molecule has 1 atom stereocenters. The van der Waals surface area contributed by atoms with E-state index in [-0.39, 0.29) is 5.92 Å². The lowest BCUT2D eigenvalue weighted by atomic mass is 10.0. The summed E-state index contributed by atoms with van der Waals surface area (Å²) < 4.78 is 0. The minimum absolute atomic E-state index is 0.238. The molecule has 1 unspecified atom stereocenters. The van der Waals surface area contributed by atoms with Gasteiger partial charge >= 0.3 is 5.97 Å². The van der Waals surface area contributed by atoms with E-state index in [0.29, 0.717) is 5.92 Å². The second kappa shape index (κ2) is 4.29. The SMILES string of the molecule is CCC=CC(CC1CC1)C(=O)O. The van der Waals surface area contributed by atoms with Crippen LogP contribution in [0.5, 0.6) is 0 Å². The van der Waals surface area contributed by atoms with Crippen LogP contribution in [0, 0.1) is 11.8 Å². The highest BCUT2D eigenvalue weighted by Crippen LogP contribution is 2.35. The van der Waals surface area contributed by atoms with Gasteiger partial charge in [-0.25, -0.2) is 0 Å². The van der Waals surface area contributed by atoms with Gasteiger partial charge in [-0.05, 0) is 18.8 Å². The topological polar surface area (TPSA) is 37.3 Å². The van der Waals surface area contributed by atoms with Gasteiger partial charge in [0.25, 0.3) is 0 Å². The summed E-state index contributed by atoms with van der Waals surface area (Å²) in [4.78, 5) is 10.7. The van der Waals surface area contributed by atoms with Crippen molar-refractivity contribution in [2.24, 2.45) is 11.8 Å². The van der Waals surface area contributed by atoms with Gasteiger partial charge in [0.15, 0.2) is 0 Å². The third kappa shape index (κ3) is 3.07. The average molecular weight is 168 g/mol. The molecule has 1 rings (SSSR count). The maximum absolute atomic E-state index is 10.7. The number of carboxylic acid groups (broad SMARTS) is 1. The number of carboxylic acids is 1. The number of hydrogen-bond donors (Lipinski definition) is 1. The highest BCUT2D eigenvalue weighted by atomic mass is 16.4. The molecule has 1 aliphatic carbocycles. The fourth-order valence-corrected chi connectivity index (χ4v) is 1.27. The Bertz CT molecular complexity index is 180. The summed E-state index contributed by atoms with van der Waals surface area (Å²) in [6.07, 6.45) is 8.00. The lowest BCUT2D eigenvalue weighted by Crippen LogP contribution is -2.11. The molecule has 0 bridgehead atoms. The highest BCUT2D eigenvalue weighted by Gasteiger charge is 2.27. The first kappa shape index (κ1) is 9.30. The zero-order valence-electron chi connectivity index (χ0n) is 7.49. The molecule has 0 amide bonds. The van der Waals surface area contributed by atoms with Crippen LogP contribution >= 0.6 is 0 Å². The first-order valence-corrected chi connectivity index (χ1v) is 4.63. The molecular weight excluding hydrogens is 152 g/mol. The quantitative estimate of drug-likeness (QED) is 0.640. The standard InChI is InChI=1S/C10H16O2/c1-2-3-4-9(10(11)12)7-8-5-6-8/h3-4,8-9H,2,5-7H2,1H3,(H,11,12). The number of allylic oxidation sites excluding steroid dienone is 1. The largest absolute Gasteiger partial charge is 0.481 e. The minimum Gasteiger partial charge on any atom is -0.481 e. The van der Waals surface area contributed by atoms with E-state index in [4.69, 9.17) is 5.11 Å². The van der Waals surface area contributed by atoms with Crippen LogP contribution in [-0.4, -0.2) is 11.1 Å². The van der Waals surface area contributed by atoms with Crippen molar-refractivity contribution in [1.82, 2.24) is 0 Å². The van der Waals surface area contributed by atoms with Crippen LogP contribution in [0.3, 0.4) is 0 Å². The number of carbonyl (C=O) groups is 1. The van der Waals surface area contributed by atoms with Crippen LogP contribution in [0.1, 0.15) is 32.6 Å². The highest BCUT2D eigenvalue weighted by molar-refractivity contribution is 5.72. The van der Waals surface area contributed by atoms with Crippen LogP contribution in [-0.2, 0) is 4.79 Å². The summed E-state index contributed by atoms with van der Waals surface area (Å²) in [5.74, 6) is -0.225. The molecule has 0 aromatic rings. The number of rotatable bonds is 5. The van der Waals surface area contributed by atoms with Crippen molar-refractivity contribution in [3.05, 3.63) is 12.2 Å². The van der Waals surface area contributed by atoms with Gasteiger partial charge in [-0.3, -0.25) is 4.79 Å². The Morgan fingerprint density at radius 2 is 2.33 bits per heavy atom. The third-order valence-corrected chi connectivity index (χ3v) is 2.21. The number of aliphatic carboxylic acids is 1. The third-order valence-electron chi connectivity index (χ3n) is 2.21. The molecule has 2 nitrogen and oxygen atoms in total. The summed E-state index contributed by atoms with van der Waals surface area (Å²) in [6, 6.07) is 0. The fourth-order valence-electron chi connectivity index (χ4n) is 1.27. The molecule has 0 aromatic carbocycles. The predicted molar refractivity (Wildman–Crippen MR) is 47.9 cm³/mol. The van der Waals surface area contributed by atoms with Crippen LogP contribution in [0.15, 0.2) is 12.2 Å². The molecule has 1 aliphatic rings. The first-order chi connectivity index (χ1) is 5.74. The van der Waals surface area contributed by atoms with Crippen molar-refractivity contribution in [2.45, 2.75) is 32.6 Å². The normalized spacial score (nSPS) is 19.8. The molecule has 0 aromatic heterocycles. The second-order valence-corrected chi connectivity index (χ2v) is 3.46. The smallest absolute Gasteiger partial charge is 0.310 e. The van der Waals surface area contributed by atoms with Crippen molar-refractivity contribution in [2.75, 3.05) is 0 Å². The van der Waals surface area contributed by atoms with Gasteiger partial charge in [0.05, 0.1) is 5.92 Å². The van der Waals surface area contributed by atoms with E-state index in [1.165, 1.54) is 12.8 Å². The maximum atomic E-state index is 10.7. The van der Waals surface area contributed by atoms with Crippen LogP contribution < -0.4 is 0 Å². The Labute approximate surface area is 73.3 Å². The zero-order chi connectivity index (χ0) is 8.97. The van der Waals surface area contributed by atoms with E-state index >= 15 is 0 Å². The van der Waals surface area contributed by atoms with Crippen molar-refractivity contribution in [3.8, 4) is 0 Å². The van der Waals surface area contributed by atoms with Crippen molar-refractivity contribution >= 4 is 5.97 Å². The van der Waals surface area contributed by atoms with Crippen LogP contribution in [0.2, 0.25) is 0 Å². The van der Waals surface area contributed by atoms with Gasteiger partial charge in [0.1, 0.15) is 0 Å². The molecule has 2 heteroatoms. The van der Waals surface area contributed by atoms with E-state index in [2.05, 4.69) is 0 Å². The minimum atomic E-state index is -0.674. The van der Waals surface area contributed by atoms with E-state index in [1.807, 2.05) is 19.1 Å². The Balaban J connectivity index is 2.36. The van der Waals surface area contributed by atoms with E-state index in [0.717, 1.165) is 12.8 Å². The molecule has 0 aliphatic heterocycles. The lowest BCUT2D eigenvalue weighted by molar-refractivity contribution is -0.140. The first-order valence-electron chi connectivity index (χ1n) is 4.63. The van der Waals surface area contributed by atoms with Crippen LogP contribution in [0.25, 0.3) is 0 Å². The molecule has 0 saturated heterocycles. The molecular formula is C10H16O2. The molecule has 1 saturated carbocycles. The predicted octanol–water partition coefficient (Wildman–Crippen LogP) is 2.45. The molecule has 12 heavy (non-hydrogen) atoms. The number of hydrogen-bond acceptors (Lipinski definition) is 1. The van der Waals surface area contributed by atoms with Crippen molar-refractivity contribution < 1.29 is 9.90 Å². The Morgan fingerprint density at radius 3 is 2.75 bits per heavy atom. The Morgan fingerprint density at radius 1 is 1.67 bits per heavy atom. The zero-order valence-corrected chi connectivity index (χ0v) is 7.49. The van der Waals surface area contributed by atoms with Gasteiger partial charge in [-0.1, -0.05) is 31.9 Å². The average Bonchev–Trinajstić information content (AvgIpc) is 2.80. The van der Waals surface area contributed by atoms with E-state index in [1.54, 1.807) is 0 Å². The molecule has 0 radical (unpaired) electrons. The molecule has 0 heterocycles. The van der Waals surface area contributed by atoms with Crippen molar-refractivity contribution in [1.29, 1.82) is 0 Å². The summed E-state index contributed by atoms with van der Waals surface area (Å²) in [6.45, 7) is 2.02. The summed E-state index contributed by atoms with van der Waals surface area (Å²) in [5, 5.41) is 8.83. The van der Waals surface area contributed by atoms with Gasteiger partial charge in [-0.15, -0.1) is 0 Å². The lowest BCUT2D eigenvalue weighted by Gasteiger charge is -2.04. The molecule has 68 valence electrons. The van der Waals surface area contributed by atoms with Gasteiger partial charge in [-0.2, -0.15) is 0 Å². The van der Waals surface area contributed by atoms with E-state index < -0.39 is 5.97 Å². The summed E-state index contributed by atoms with van der Waals surface area (Å²) in [7, 11) is 0. The molecule has 0 spiro atoms. The van der Waals surface area contributed by atoms with Gasteiger partial charge < -0.3 is 5.11 Å². The van der Waals surface area contributed by atoms with Crippen LogP contribution in [0.4, 0.5) is 0 Å². The summed E-state index contributed by atoms with van der Waals surface area (Å²) in [5.41, 5.74) is 0. The Hall–Kier alpha value is -0.790. The van der Waals surface area contributed by atoms with Crippen molar-refractivity contribution in [3.63, 3.8) is 0 Å². The Kier molecular flexibility index (Phi) is 3.32. The monoisotopic (exact) mass is 168 g/mol. The molecule has 1 N–H and O–H groups in total.